The summed E-state index contributed by atoms with van der Waals surface area (Å²) in [5.74, 6) is 1.55. The molecule has 150 valence electrons. The number of furan rings is 1. The first-order chi connectivity index (χ1) is 14.2. The maximum Gasteiger partial charge on any atom is 0.266 e. The molecule has 3 aromatic rings. The Balaban J connectivity index is 1.34. The fourth-order valence-corrected chi connectivity index (χ4v) is 5.16. The van der Waals surface area contributed by atoms with E-state index in [1.807, 2.05) is 16.1 Å². The van der Waals surface area contributed by atoms with Crippen LogP contribution in [-0.2, 0) is 4.79 Å². The molecule has 0 saturated carbocycles. The number of hydrogen-bond acceptors (Lipinski definition) is 11. The van der Waals surface area contributed by atoms with Crippen LogP contribution in [0.2, 0.25) is 0 Å². The quantitative estimate of drug-likeness (QED) is 0.522. The van der Waals surface area contributed by atoms with Gasteiger partial charge in [-0.15, -0.1) is 10.2 Å². The minimum absolute atomic E-state index is 0.0601. The van der Waals surface area contributed by atoms with E-state index in [1.165, 1.54) is 29.4 Å². The average molecular weight is 449 g/mol. The van der Waals surface area contributed by atoms with Crippen LogP contribution in [0.15, 0.2) is 35.9 Å². The summed E-state index contributed by atoms with van der Waals surface area (Å²) in [4.78, 5) is 20.5. The Morgan fingerprint density at radius 2 is 2.10 bits per heavy atom. The van der Waals surface area contributed by atoms with Crippen molar-refractivity contribution in [1.29, 1.82) is 5.26 Å². The molecule has 1 saturated heterocycles. The van der Waals surface area contributed by atoms with E-state index in [-0.39, 0.29) is 17.5 Å². The third-order valence-corrected chi connectivity index (χ3v) is 7.27. The van der Waals surface area contributed by atoms with Gasteiger partial charge in [-0.25, -0.2) is 0 Å². The Hall–Kier alpha value is -2.49. The molecule has 12 heteroatoms. The molecule has 0 aliphatic carbocycles. The molecule has 0 aromatic carbocycles. The summed E-state index contributed by atoms with van der Waals surface area (Å²) in [6.45, 7) is 2.22. The standard InChI is InChI=1S/C17H16N6O3S3/c1-27-16-20-21-17(29-16)28-10-13(24)22-4-6-23(7-5-22)15-11(9-18)19-14(26-15)12-3-2-8-25-12/h2-3,8H,4-7,10H2,1H3. The molecule has 1 amide bonds. The monoisotopic (exact) mass is 448 g/mol. The number of carbonyl (C=O) groups excluding carboxylic acids is 1. The Kier molecular flexibility index (Phi) is 6.08. The minimum Gasteiger partial charge on any atom is -0.459 e. The van der Waals surface area contributed by atoms with E-state index in [9.17, 15) is 10.1 Å². The highest BCUT2D eigenvalue weighted by atomic mass is 32.2. The molecule has 1 aliphatic heterocycles. The Bertz CT molecular complexity index is 1020. The van der Waals surface area contributed by atoms with Crippen LogP contribution in [0.25, 0.3) is 11.7 Å². The average Bonchev–Trinajstić information content (AvgIpc) is 3.52. The predicted octanol–water partition coefficient (Wildman–Crippen LogP) is 2.82. The van der Waals surface area contributed by atoms with Crippen molar-refractivity contribution in [2.45, 2.75) is 8.68 Å². The molecule has 3 aromatic heterocycles. The van der Waals surface area contributed by atoms with E-state index < -0.39 is 0 Å². The minimum atomic E-state index is 0.0601. The third kappa shape index (κ3) is 4.42. The van der Waals surface area contributed by atoms with Gasteiger partial charge in [0, 0.05) is 26.2 Å². The summed E-state index contributed by atoms with van der Waals surface area (Å²) in [5, 5.41) is 17.5. The van der Waals surface area contributed by atoms with Gasteiger partial charge in [-0.1, -0.05) is 34.9 Å². The van der Waals surface area contributed by atoms with Crippen molar-refractivity contribution in [2.24, 2.45) is 0 Å². The summed E-state index contributed by atoms with van der Waals surface area (Å²) in [6.07, 6.45) is 3.47. The van der Waals surface area contributed by atoms with Gasteiger partial charge >= 0.3 is 0 Å². The lowest BCUT2D eigenvalue weighted by Crippen LogP contribution is -2.49. The number of piperazine rings is 1. The maximum absolute atomic E-state index is 12.5. The van der Waals surface area contributed by atoms with Crippen LogP contribution in [-0.4, -0.2) is 64.2 Å². The van der Waals surface area contributed by atoms with Crippen LogP contribution in [0.5, 0.6) is 0 Å². The van der Waals surface area contributed by atoms with E-state index >= 15 is 0 Å². The Morgan fingerprint density at radius 1 is 1.31 bits per heavy atom. The highest BCUT2D eigenvalue weighted by molar-refractivity contribution is 8.03. The first kappa shape index (κ1) is 19.8. The topological polar surface area (TPSA) is 112 Å². The molecule has 1 aliphatic rings. The number of nitriles is 1. The second-order valence-electron chi connectivity index (χ2n) is 5.96. The Morgan fingerprint density at radius 3 is 2.76 bits per heavy atom. The van der Waals surface area contributed by atoms with E-state index in [0.29, 0.717) is 43.6 Å². The molecular formula is C17H16N6O3S3. The first-order valence-electron chi connectivity index (χ1n) is 8.65. The molecule has 9 nitrogen and oxygen atoms in total. The summed E-state index contributed by atoms with van der Waals surface area (Å²) in [6, 6.07) is 5.53. The number of nitrogens with zero attached hydrogens (tertiary/aromatic N) is 6. The number of aromatic nitrogens is 3. The van der Waals surface area contributed by atoms with Gasteiger partial charge in [-0.2, -0.15) is 10.2 Å². The number of hydrogen-bond donors (Lipinski definition) is 0. The van der Waals surface area contributed by atoms with Crippen molar-refractivity contribution in [1.82, 2.24) is 20.1 Å². The lowest BCUT2D eigenvalue weighted by Gasteiger charge is -2.34. The zero-order chi connectivity index (χ0) is 20.2. The molecule has 4 rings (SSSR count). The van der Waals surface area contributed by atoms with E-state index in [0.717, 1.165) is 8.68 Å². The summed E-state index contributed by atoms with van der Waals surface area (Å²) in [7, 11) is 0. The van der Waals surface area contributed by atoms with Crippen molar-refractivity contribution in [3.8, 4) is 17.7 Å². The zero-order valence-electron chi connectivity index (χ0n) is 15.4. The number of oxazole rings is 1. The number of rotatable bonds is 6. The van der Waals surface area contributed by atoms with Crippen molar-refractivity contribution in [2.75, 3.05) is 43.1 Å². The molecule has 0 spiro atoms. The second-order valence-corrected chi connectivity index (χ2v) is 9.21. The highest BCUT2D eigenvalue weighted by Crippen LogP contribution is 2.30. The fourth-order valence-electron chi connectivity index (χ4n) is 2.82. The second kappa shape index (κ2) is 8.89. The molecule has 0 unspecified atom stereocenters. The van der Waals surface area contributed by atoms with Gasteiger partial charge in [0.15, 0.2) is 14.4 Å². The molecule has 0 bridgehead atoms. The number of amides is 1. The zero-order valence-corrected chi connectivity index (χ0v) is 17.8. The van der Waals surface area contributed by atoms with Crippen LogP contribution >= 0.6 is 34.9 Å². The van der Waals surface area contributed by atoms with Gasteiger partial charge in [0.05, 0.1) is 12.0 Å². The van der Waals surface area contributed by atoms with Crippen LogP contribution in [0.3, 0.4) is 0 Å². The maximum atomic E-state index is 12.5. The van der Waals surface area contributed by atoms with Crippen LogP contribution in [0.4, 0.5) is 5.88 Å². The lowest BCUT2D eigenvalue weighted by molar-refractivity contribution is -0.128. The summed E-state index contributed by atoms with van der Waals surface area (Å²) >= 11 is 4.44. The van der Waals surface area contributed by atoms with E-state index in [2.05, 4.69) is 21.3 Å². The van der Waals surface area contributed by atoms with Gasteiger partial charge in [0.25, 0.3) is 5.89 Å². The van der Waals surface area contributed by atoms with Crippen molar-refractivity contribution in [3.05, 3.63) is 24.1 Å². The molecule has 0 atom stereocenters. The Labute approximate surface area is 179 Å². The van der Waals surface area contributed by atoms with Gasteiger partial charge in [-0.3, -0.25) is 4.79 Å². The fraction of sp³-hybridized carbons (Fsp3) is 0.353. The van der Waals surface area contributed by atoms with E-state index in [1.54, 1.807) is 23.9 Å². The first-order valence-corrected chi connectivity index (χ1v) is 11.7. The molecule has 4 heterocycles. The van der Waals surface area contributed by atoms with Gasteiger partial charge < -0.3 is 18.6 Å². The molecule has 0 N–H and O–H groups in total. The van der Waals surface area contributed by atoms with Crippen molar-refractivity contribution >= 4 is 46.7 Å². The SMILES string of the molecule is CSc1nnc(SCC(=O)N2CCN(c3oc(-c4ccco4)nc3C#N)CC2)s1. The van der Waals surface area contributed by atoms with Gasteiger partial charge in [-0.05, 0) is 18.4 Å². The third-order valence-electron chi connectivity index (χ3n) is 4.25. The summed E-state index contributed by atoms with van der Waals surface area (Å²) < 4.78 is 12.8. The van der Waals surface area contributed by atoms with Crippen LogP contribution in [0.1, 0.15) is 5.69 Å². The molecule has 1 fully saturated rings. The number of carbonyl (C=O) groups is 1. The summed E-state index contributed by atoms with van der Waals surface area (Å²) in [5.41, 5.74) is 0.215. The normalized spacial score (nSPS) is 14.2. The van der Waals surface area contributed by atoms with Crippen molar-refractivity contribution < 1.29 is 13.6 Å². The van der Waals surface area contributed by atoms with Crippen molar-refractivity contribution in [3.63, 3.8) is 0 Å². The number of thioether (sulfide) groups is 2. The number of anilines is 1. The molecule has 0 radical (unpaired) electrons. The van der Waals surface area contributed by atoms with Crippen LogP contribution in [0, 0.1) is 11.3 Å². The van der Waals surface area contributed by atoms with Crippen LogP contribution < -0.4 is 4.90 Å². The molecular weight excluding hydrogens is 432 g/mol. The van der Waals surface area contributed by atoms with Gasteiger partial charge in [0.2, 0.25) is 17.5 Å². The molecule has 29 heavy (non-hydrogen) atoms. The largest absolute Gasteiger partial charge is 0.459 e. The highest BCUT2D eigenvalue weighted by Gasteiger charge is 2.27. The van der Waals surface area contributed by atoms with Gasteiger partial charge in [0.1, 0.15) is 6.07 Å². The lowest BCUT2D eigenvalue weighted by atomic mass is 10.3. The predicted molar refractivity (Wildman–Crippen MR) is 110 cm³/mol. The smallest absolute Gasteiger partial charge is 0.266 e. The van der Waals surface area contributed by atoms with E-state index in [4.69, 9.17) is 8.83 Å².